The van der Waals surface area contributed by atoms with E-state index < -0.39 is 35.5 Å². The fourth-order valence-corrected chi connectivity index (χ4v) is 33.9. The first kappa shape index (κ1) is 84.4. The Morgan fingerprint density at radius 3 is 1.10 bits per heavy atom. The lowest BCUT2D eigenvalue weighted by atomic mass is 9.48. The molecule has 16 fully saturated rings. The molecule has 16 aliphatic rings. The lowest BCUT2D eigenvalue weighted by molar-refractivity contribution is -0.158. The van der Waals surface area contributed by atoms with Gasteiger partial charge < -0.3 is 29.6 Å². The van der Waals surface area contributed by atoms with Crippen molar-refractivity contribution in [2.45, 2.75) is 321 Å². The lowest BCUT2D eigenvalue weighted by Gasteiger charge is -2.57. The number of fused-ring (bicyclic) bond motifs is 20. The summed E-state index contributed by atoms with van der Waals surface area (Å²) in [4.78, 5) is 11.9. The average Bonchev–Trinajstić information content (AvgIpc) is 1.65. The summed E-state index contributed by atoms with van der Waals surface area (Å²) in [6, 6.07) is 0. The molecule has 0 aromatic carbocycles. The first-order valence-electron chi connectivity index (χ1n) is 47.2. The summed E-state index contributed by atoms with van der Waals surface area (Å²) >= 11 is 5.64. The van der Waals surface area contributed by atoms with Gasteiger partial charge in [-0.2, -0.15) is 30.0 Å². The van der Waals surface area contributed by atoms with Crippen LogP contribution in [0.3, 0.4) is 0 Å². The van der Waals surface area contributed by atoms with Crippen molar-refractivity contribution in [2.24, 2.45) is 164 Å². The van der Waals surface area contributed by atoms with Crippen LogP contribution in [0.1, 0.15) is 266 Å². The first-order valence-corrected chi connectivity index (χ1v) is 47.6. The molecule has 4 heterocycles. The monoisotopic (exact) mass is 1630 g/mol. The molecule has 4 N–H and O–H groups in total. The fraction of sp³-hybridized carbons (Fsp3) is 0.798. The Morgan fingerprint density at radius 2 is 0.735 bits per heavy atom. The van der Waals surface area contributed by atoms with Crippen molar-refractivity contribution in [2.75, 3.05) is 6.67 Å². The van der Waals surface area contributed by atoms with Crippen LogP contribution in [0.15, 0.2) is 111 Å². The molecule has 0 saturated heterocycles. The van der Waals surface area contributed by atoms with Crippen molar-refractivity contribution in [3.63, 3.8) is 0 Å². The number of alkyl halides is 3. The van der Waals surface area contributed by atoms with Gasteiger partial charge in [-0.25, -0.2) is 23.1 Å². The van der Waals surface area contributed by atoms with Gasteiger partial charge in [0, 0.05) is 43.3 Å². The Morgan fingerprint density at radius 1 is 0.393 bits per heavy atom. The third kappa shape index (κ3) is 15.9. The fourth-order valence-electron chi connectivity index (χ4n) is 33.7. The molecule has 16 saturated carbocycles. The minimum absolute atomic E-state index is 0.279. The van der Waals surface area contributed by atoms with E-state index in [1.807, 2.05) is 31.2 Å². The van der Waals surface area contributed by atoms with Crippen LogP contribution < -0.4 is 0 Å². The maximum Gasteiger partial charge on any atom is 0.266 e. The minimum atomic E-state index is -2.61. The molecular weight excluding hydrogens is 1490 g/mol. The van der Waals surface area contributed by atoms with Crippen molar-refractivity contribution in [1.82, 2.24) is 49.1 Å². The van der Waals surface area contributed by atoms with Gasteiger partial charge in [-0.05, 0) is 413 Å². The molecule has 20 rings (SSSR count). The Balaban J connectivity index is 0.000000112. The standard InChI is InChI=1S/C26H35ClN2O.C25H36F2N2O.C24H36FN3O.C24H37N3O/c1-18(16-29-14-13-28-17-29)23-5-6-24-22-4-3-19-15-26(30,11-12-27)10-8-20(19)21(22)7-9-25(23,24)2;1-16(14-29-12-11-28-15-29)21-5-6-22-20-4-3-17-13-25(30,23(26)27)10-8-18(17)19(20)7-9-24(21,22)2;1-16(14-28-26-11-12-27-28)21-5-6-22-20-4-3-17-13-24(29,15-25)10-8-18(17)19(20)7-9-23(21,22)2;1-16(15-27-25-12-13-26-27)21-6-7-22-20-5-4-17-14-23(2,28)10-8-18(17)19(20)9-11-24(21,22)3/h13-14,17,19-24,30H,1,3-10,15-16H2,2H3;11-12,15,17-23,30H,1,3-10,13-14H2,2H3;11-12,17-22,29H,1,3-10,13-15H2,2H3;12-13,17-22,28H,1,4-11,14-15H2,2-3H3/t19-,20-,21+,22+,23+,24-,25+,26+;17-,18-,19+,20+,21+,22-,24+,25-;17-,18-,19+,20+,21+,22-,23+,24-;17-,18-,19+,20+,21+,22-,23-,24+/m0000/s1. The highest BCUT2D eigenvalue weighted by Gasteiger charge is 2.64. The van der Waals surface area contributed by atoms with Gasteiger partial charge in [-0.15, -0.1) is 0 Å². The van der Waals surface area contributed by atoms with Gasteiger partial charge in [0.05, 0.1) is 61.7 Å². The third-order valence-electron chi connectivity index (χ3n) is 38.8. The number of hydrogen-bond donors (Lipinski definition) is 4. The van der Waals surface area contributed by atoms with Crippen molar-refractivity contribution in [3.05, 3.63) is 111 Å². The van der Waals surface area contributed by atoms with Crippen molar-refractivity contribution in [3.8, 4) is 11.3 Å². The second-order valence-corrected chi connectivity index (χ2v) is 44.3. The predicted molar refractivity (Wildman–Crippen MR) is 455 cm³/mol. The zero-order valence-corrected chi connectivity index (χ0v) is 72.6. The lowest BCUT2D eigenvalue weighted by Crippen LogP contribution is -2.52. The Bertz CT molecular complexity index is 4160. The predicted octanol–water partition coefficient (Wildman–Crippen LogP) is 21.0. The highest BCUT2D eigenvalue weighted by molar-refractivity contribution is 6.30. The number of halogens is 4. The van der Waals surface area contributed by atoms with E-state index in [0.717, 1.165) is 167 Å². The first-order chi connectivity index (χ1) is 56.1. The maximum absolute atomic E-state index is 13.4. The van der Waals surface area contributed by atoms with Gasteiger partial charge in [0.1, 0.15) is 17.9 Å². The topological polar surface area (TPSA) is 178 Å². The Hall–Kier alpha value is -4.86. The van der Waals surface area contributed by atoms with Gasteiger partial charge in [0.25, 0.3) is 6.43 Å². The van der Waals surface area contributed by atoms with E-state index in [1.54, 1.807) is 34.4 Å². The van der Waals surface area contributed by atoms with E-state index in [1.165, 1.54) is 170 Å². The van der Waals surface area contributed by atoms with E-state index in [2.05, 4.69) is 118 Å². The SMILES string of the molecule is C=C(Cn1ccnc1)[C@H]1CC[C@H]2[C@@H]3CC[C@H]4C[C@](O)(C#CCl)CC[C@@H]4[C@H]3CC[C@]12C.C=C(Cn1ccnc1)[C@H]1CC[C@H]2[C@@H]3CC[C@H]4C[C@](O)(C(F)F)CC[C@@H]4[C@H]3CC[C@]12C.C=C(Cn1nccn1)[C@H]1CC[C@H]2[C@@H]3CC[C@H]4C[C@@](C)(O)CC[C@@H]4[C@H]3CC[C@]12C.C=C(Cn1nccn1)[C@H]1CC[C@H]2[C@@H]3CC[C@H]4C[C@](O)(CF)CC[C@@H]4[C@H]3CC[C@]12C. The highest BCUT2D eigenvalue weighted by atomic mass is 35.5. The molecular formula is C99H144ClF3N10O4. The van der Waals surface area contributed by atoms with Crippen molar-refractivity contribution in [1.29, 1.82) is 0 Å². The van der Waals surface area contributed by atoms with Gasteiger partial charge in [-0.1, -0.05) is 82.2 Å². The van der Waals surface area contributed by atoms with E-state index in [9.17, 15) is 33.6 Å². The molecule has 4 aromatic heterocycles. The van der Waals surface area contributed by atoms with Crippen LogP contribution in [0.25, 0.3) is 0 Å². The normalized spacial score (nSPS) is 46.2. The summed E-state index contributed by atoms with van der Waals surface area (Å²) in [5.41, 5.74) is 2.84. The number of rotatable bonds is 14. The number of aliphatic hydroxyl groups is 4. The van der Waals surface area contributed by atoms with Gasteiger partial charge in [0.15, 0.2) is 0 Å². The summed E-state index contributed by atoms with van der Waals surface area (Å²) in [5.74, 6) is 20.2. The molecule has 0 aliphatic heterocycles. The Kier molecular flexibility index (Phi) is 24.0. The van der Waals surface area contributed by atoms with Crippen LogP contribution in [0, 0.1) is 175 Å². The van der Waals surface area contributed by atoms with Crippen LogP contribution in [-0.4, -0.2) is 105 Å². The zero-order valence-electron chi connectivity index (χ0n) is 71.8. The van der Waals surface area contributed by atoms with Crippen LogP contribution in [0.5, 0.6) is 0 Å². The third-order valence-corrected chi connectivity index (χ3v) is 38.9. The second-order valence-electron chi connectivity index (χ2n) is 44.1. The number of aromatic nitrogens is 10. The van der Waals surface area contributed by atoms with Crippen LogP contribution in [0.2, 0.25) is 0 Å². The summed E-state index contributed by atoms with van der Waals surface area (Å²) in [6.45, 7) is 33.0. The summed E-state index contributed by atoms with van der Waals surface area (Å²) < 4.78 is 44.5. The smallest absolute Gasteiger partial charge is 0.266 e. The molecule has 0 unspecified atom stereocenters. The summed E-state index contributed by atoms with van der Waals surface area (Å²) in [5, 5.41) is 61.9. The molecule has 642 valence electrons. The van der Waals surface area contributed by atoms with E-state index >= 15 is 0 Å². The molecule has 0 radical (unpaired) electrons. The van der Waals surface area contributed by atoms with E-state index in [0.29, 0.717) is 94.2 Å². The summed E-state index contributed by atoms with van der Waals surface area (Å²) in [7, 11) is 0. The van der Waals surface area contributed by atoms with Crippen LogP contribution >= 0.6 is 11.6 Å². The van der Waals surface area contributed by atoms with Crippen LogP contribution in [-0.2, 0) is 26.2 Å². The molecule has 117 heavy (non-hydrogen) atoms. The van der Waals surface area contributed by atoms with E-state index in [-0.39, 0.29) is 12.3 Å². The van der Waals surface area contributed by atoms with Gasteiger partial charge >= 0.3 is 0 Å². The molecule has 16 aliphatic carbocycles. The highest BCUT2D eigenvalue weighted by Crippen LogP contribution is 2.71. The molecule has 18 heteroatoms. The number of hydrogen-bond acceptors (Lipinski definition) is 10. The molecule has 32 atom stereocenters. The van der Waals surface area contributed by atoms with Gasteiger partial charge in [0.2, 0.25) is 0 Å². The largest absolute Gasteiger partial charge is 0.390 e. The number of nitrogens with zero attached hydrogens (tertiary/aromatic N) is 10. The number of allylic oxidation sites excluding steroid dienone is 4. The van der Waals surface area contributed by atoms with E-state index in [4.69, 9.17) is 11.6 Å². The molecule has 4 aromatic rings. The summed E-state index contributed by atoms with van der Waals surface area (Å²) in [6.07, 6.45) is 56.6. The van der Waals surface area contributed by atoms with Crippen LogP contribution in [0.4, 0.5) is 13.2 Å². The maximum atomic E-state index is 13.4. The quantitative estimate of drug-likeness (QED) is 0.0702. The van der Waals surface area contributed by atoms with Gasteiger partial charge in [-0.3, -0.25) is 0 Å². The minimum Gasteiger partial charge on any atom is -0.390 e. The second kappa shape index (κ2) is 33.3. The average molecular weight is 1630 g/mol. The molecule has 0 bridgehead atoms. The molecule has 0 amide bonds. The Labute approximate surface area is 703 Å². The molecule has 0 spiro atoms. The zero-order chi connectivity index (χ0) is 81.8. The van der Waals surface area contributed by atoms with Crippen molar-refractivity contribution < 1.29 is 33.6 Å². The van der Waals surface area contributed by atoms with Crippen molar-refractivity contribution >= 4 is 11.6 Å². The molecule has 14 nitrogen and oxygen atoms in total. The number of imidazole rings is 2.